The Hall–Kier alpha value is -2.92. The second-order valence-corrected chi connectivity index (χ2v) is 6.84. The highest BCUT2D eigenvalue weighted by molar-refractivity contribution is 7.98. The van der Waals surface area contributed by atoms with Gasteiger partial charge in [0.2, 0.25) is 0 Å². The number of hydrogen-bond donors (Lipinski definition) is 0. The van der Waals surface area contributed by atoms with Crippen molar-refractivity contribution in [3.8, 4) is 0 Å². The molecule has 0 unspecified atom stereocenters. The maximum Gasteiger partial charge on any atom is 0.262 e. The number of nitrogens with zero attached hydrogens (tertiary/aromatic N) is 3. The number of fused-ring (bicyclic) bond motifs is 2. The predicted molar refractivity (Wildman–Crippen MR) is 108 cm³/mol. The van der Waals surface area contributed by atoms with E-state index in [1.54, 1.807) is 10.6 Å². The average molecular weight is 359 g/mol. The van der Waals surface area contributed by atoms with Crippen LogP contribution in [0.3, 0.4) is 0 Å². The van der Waals surface area contributed by atoms with Crippen LogP contribution in [0.4, 0.5) is 0 Å². The van der Waals surface area contributed by atoms with E-state index in [4.69, 9.17) is 4.98 Å². The lowest BCUT2D eigenvalue weighted by molar-refractivity contribution is 0.671. The van der Waals surface area contributed by atoms with E-state index in [9.17, 15) is 4.79 Å². The zero-order valence-electron chi connectivity index (χ0n) is 14.1. The molecule has 4 aromatic rings. The summed E-state index contributed by atoms with van der Waals surface area (Å²) in [5.41, 5.74) is 2.61. The summed E-state index contributed by atoms with van der Waals surface area (Å²) >= 11 is 1.52. The van der Waals surface area contributed by atoms with Gasteiger partial charge in [-0.15, -0.1) is 6.58 Å². The van der Waals surface area contributed by atoms with Gasteiger partial charge in [0.05, 0.1) is 22.1 Å². The second-order valence-electron chi connectivity index (χ2n) is 5.90. The molecule has 0 aliphatic rings. The molecular weight excluding hydrogens is 342 g/mol. The van der Waals surface area contributed by atoms with Crippen molar-refractivity contribution in [3.05, 3.63) is 89.4 Å². The van der Waals surface area contributed by atoms with Crippen LogP contribution in [0.2, 0.25) is 0 Å². The van der Waals surface area contributed by atoms with Gasteiger partial charge in [-0.2, -0.15) is 0 Å². The van der Waals surface area contributed by atoms with Crippen LogP contribution >= 0.6 is 11.8 Å². The standard InChI is InChI=1S/C21H17N3OS/c1-2-13-24-20(25)17-8-4-6-10-19(17)23-21(24)26-14-16-12-11-15-7-3-5-9-18(15)22-16/h2-12H,1,13-14H2. The van der Waals surface area contributed by atoms with Crippen molar-refractivity contribution in [2.75, 3.05) is 0 Å². The minimum absolute atomic E-state index is 0.0375. The van der Waals surface area contributed by atoms with Gasteiger partial charge in [-0.1, -0.05) is 54.2 Å². The van der Waals surface area contributed by atoms with E-state index in [2.05, 4.69) is 17.6 Å². The summed E-state index contributed by atoms with van der Waals surface area (Å²) in [6.45, 7) is 4.20. The molecule has 0 radical (unpaired) electrons. The second kappa shape index (κ2) is 7.14. The zero-order chi connectivity index (χ0) is 17.9. The largest absolute Gasteiger partial charge is 0.283 e. The average Bonchev–Trinajstić information content (AvgIpc) is 2.69. The highest BCUT2D eigenvalue weighted by Gasteiger charge is 2.11. The van der Waals surface area contributed by atoms with Crippen molar-refractivity contribution in [2.24, 2.45) is 0 Å². The first-order valence-electron chi connectivity index (χ1n) is 8.34. The molecule has 0 aliphatic carbocycles. The minimum atomic E-state index is -0.0375. The molecule has 2 heterocycles. The van der Waals surface area contributed by atoms with Gasteiger partial charge in [0.1, 0.15) is 0 Å². The first-order valence-corrected chi connectivity index (χ1v) is 9.33. The molecule has 0 saturated heterocycles. The Morgan fingerprint density at radius 2 is 1.73 bits per heavy atom. The summed E-state index contributed by atoms with van der Waals surface area (Å²) in [5, 5.41) is 2.43. The maximum absolute atomic E-state index is 12.8. The summed E-state index contributed by atoms with van der Waals surface area (Å²) in [5.74, 6) is 0.646. The Morgan fingerprint density at radius 3 is 2.58 bits per heavy atom. The van der Waals surface area contributed by atoms with E-state index in [0.29, 0.717) is 28.4 Å². The first-order chi connectivity index (χ1) is 12.8. The third-order valence-electron chi connectivity index (χ3n) is 4.14. The number of benzene rings is 2. The van der Waals surface area contributed by atoms with Crippen LogP contribution in [-0.2, 0) is 12.3 Å². The molecule has 2 aromatic heterocycles. The van der Waals surface area contributed by atoms with E-state index in [1.807, 2.05) is 54.6 Å². The number of pyridine rings is 1. The van der Waals surface area contributed by atoms with Crippen molar-refractivity contribution < 1.29 is 0 Å². The Bertz CT molecular complexity index is 1170. The highest BCUT2D eigenvalue weighted by Crippen LogP contribution is 2.22. The third-order valence-corrected chi connectivity index (χ3v) is 5.15. The molecule has 128 valence electrons. The van der Waals surface area contributed by atoms with Crippen LogP contribution in [0.15, 0.2) is 83.3 Å². The molecule has 0 saturated carbocycles. The van der Waals surface area contributed by atoms with Crippen molar-refractivity contribution in [3.63, 3.8) is 0 Å². The first kappa shape index (κ1) is 16.5. The fraction of sp³-hybridized carbons (Fsp3) is 0.0952. The molecule has 0 amide bonds. The maximum atomic E-state index is 12.8. The lowest BCUT2D eigenvalue weighted by Crippen LogP contribution is -2.22. The topological polar surface area (TPSA) is 47.8 Å². The zero-order valence-corrected chi connectivity index (χ0v) is 14.9. The van der Waals surface area contributed by atoms with Gasteiger partial charge in [0.25, 0.3) is 5.56 Å². The normalized spacial score (nSPS) is 11.1. The van der Waals surface area contributed by atoms with E-state index in [-0.39, 0.29) is 5.56 Å². The molecule has 5 heteroatoms. The van der Waals surface area contributed by atoms with Gasteiger partial charge in [-0.25, -0.2) is 4.98 Å². The number of hydrogen-bond acceptors (Lipinski definition) is 4. The van der Waals surface area contributed by atoms with Gasteiger partial charge in [0, 0.05) is 17.7 Å². The van der Waals surface area contributed by atoms with Gasteiger partial charge >= 0.3 is 0 Å². The van der Waals surface area contributed by atoms with Crippen LogP contribution in [0.1, 0.15) is 5.69 Å². The van der Waals surface area contributed by atoms with Crippen LogP contribution in [-0.4, -0.2) is 14.5 Å². The van der Waals surface area contributed by atoms with E-state index in [0.717, 1.165) is 16.6 Å². The molecule has 0 spiro atoms. The summed E-state index contributed by atoms with van der Waals surface area (Å²) in [6, 6.07) is 19.6. The van der Waals surface area contributed by atoms with Gasteiger partial charge in [-0.3, -0.25) is 14.3 Å². The summed E-state index contributed by atoms with van der Waals surface area (Å²) in [7, 11) is 0. The lowest BCUT2D eigenvalue weighted by atomic mass is 10.2. The molecule has 26 heavy (non-hydrogen) atoms. The Kier molecular flexibility index (Phi) is 4.54. The summed E-state index contributed by atoms with van der Waals surface area (Å²) in [6.07, 6.45) is 1.72. The van der Waals surface area contributed by atoms with E-state index >= 15 is 0 Å². The van der Waals surface area contributed by atoms with Crippen molar-refractivity contribution in [1.29, 1.82) is 0 Å². The number of para-hydroxylation sites is 2. The van der Waals surface area contributed by atoms with Crippen LogP contribution < -0.4 is 5.56 Å². The fourth-order valence-electron chi connectivity index (χ4n) is 2.88. The number of allylic oxidation sites excluding steroid dienone is 1. The van der Waals surface area contributed by atoms with Gasteiger partial charge in [0.15, 0.2) is 5.16 Å². The fourth-order valence-corrected chi connectivity index (χ4v) is 3.79. The van der Waals surface area contributed by atoms with Gasteiger partial charge < -0.3 is 0 Å². The number of thioether (sulfide) groups is 1. The Balaban J connectivity index is 1.70. The molecule has 0 fully saturated rings. The SMILES string of the molecule is C=CCn1c(SCc2ccc3ccccc3n2)nc2ccccc2c1=O. The molecule has 4 rings (SSSR count). The molecule has 0 aliphatic heterocycles. The molecular formula is C21H17N3OS. The smallest absolute Gasteiger partial charge is 0.262 e. The van der Waals surface area contributed by atoms with Crippen LogP contribution in [0.5, 0.6) is 0 Å². The van der Waals surface area contributed by atoms with E-state index < -0.39 is 0 Å². The van der Waals surface area contributed by atoms with Crippen LogP contribution in [0, 0.1) is 0 Å². The van der Waals surface area contributed by atoms with Crippen LogP contribution in [0.25, 0.3) is 21.8 Å². The summed E-state index contributed by atoms with van der Waals surface area (Å²) < 4.78 is 1.67. The predicted octanol–water partition coefficient (Wildman–Crippen LogP) is 4.42. The van der Waals surface area contributed by atoms with Gasteiger partial charge in [-0.05, 0) is 24.3 Å². The van der Waals surface area contributed by atoms with E-state index in [1.165, 1.54) is 11.8 Å². The van der Waals surface area contributed by atoms with Crippen molar-refractivity contribution in [1.82, 2.24) is 14.5 Å². The quantitative estimate of drug-likeness (QED) is 0.301. The molecule has 2 aromatic carbocycles. The number of rotatable bonds is 5. The third kappa shape index (κ3) is 3.13. The highest BCUT2D eigenvalue weighted by atomic mass is 32.2. The minimum Gasteiger partial charge on any atom is -0.283 e. The molecule has 0 N–H and O–H groups in total. The number of aromatic nitrogens is 3. The van der Waals surface area contributed by atoms with Crippen molar-refractivity contribution in [2.45, 2.75) is 17.5 Å². The molecule has 4 nitrogen and oxygen atoms in total. The molecule has 0 bridgehead atoms. The summed E-state index contributed by atoms with van der Waals surface area (Å²) in [4.78, 5) is 22.1. The monoisotopic (exact) mass is 359 g/mol. The Morgan fingerprint density at radius 1 is 0.962 bits per heavy atom. The Labute approximate surface area is 155 Å². The van der Waals surface area contributed by atoms with Crippen molar-refractivity contribution >= 4 is 33.6 Å². The molecule has 0 atom stereocenters. The lowest BCUT2D eigenvalue weighted by Gasteiger charge is -2.11.